The summed E-state index contributed by atoms with van der Waals surface area (Å²) in [4.78, 5) is 2.84. The van der Waals surface area contributed by atoms with E-state index in [4.69, 9.17) is 18.0 Å². The van der Waals surface area contributed by atoms with Gasteiger partial charge in [0, 0.05) is 30.3 Å². The SMILES string of the molecule is Cc1cccc(C(N)=S)c1N1CCC2(O)CCCCC2C1. The third-order valence-corrected chi connectivity index (χ3v) is 5.47. The summed E-state index contributed by atoms with van der Waals surface area (Å²) in [5.74, 6) is 0.374. The largest absolute Gasteiger partial charge is 0.389 e. The first-order valence-corrected chi connectivity index (χ1v) is 8.29. The Labute approximate surface area is 132 Å². The fourth-order valence-electron chi connectivity index (χ4n) is 4.05. The monoisotopic (exact) mass is 304 g/mol. The minimum Gasteiger partial charge on any atom is -0.389 e. The molecule has 21 heavy (non-hydrogen) atoms. The van der Waals surface area contributed by atoms with Crippen molar-refractivity contribution >= 4 is 22.9 Å². The number of para-hydroxylation sites is 1. The number of anilines is 1. The molecule has 1 aromatic carbocycles. The minimum absolute atomic E-state index is 0.374. The molecule has 1 saturated heterocycles. The van der Waals surface area contributed by atoms with Gasteiger partial charge in [0.15, 0.2) is 0 Å². The molecule has 0 radical (unpaired) electrons. The molecule has 1 aromatic rings. The number of nitrogens with two attached hydrogens (primary N) is 1. The third kappa shape index (κ3) is 2.67. The van der Waals surface area contributed by atoms with Gasteiger partial charge in [-0.3, -0.25) is 0 Å². The van der Waals surface area contributed by atoms with Crippen LogP contribution in [0.25, 0.3) is 0 Å². The molecule has 3 nitrogen and oxygen atoms in total. The van der Waals surface area contributed by atoms with Crippen LogP contribution >= 0.6 is 12.2 Å². The zero-order chi connectivity index (χ0) is 15.0. The Morgan fingerprint density at radius 1 is 1.38 bits per heavy atom. The van der Waals surface area contributed by atoms with Crippen LogP contribution in [-0.2, 0) is 0 Å². The molecule has 1 aliphatic carbocycles. The van der Waals surface area contributed by atoms with E-state index in [2.05, 4.69) is 17.9 Å². The minimum atomic E-state index is -0.444. The molecule has 0 aromatic heterocycles. The molecule has 2 fully saturated rings. The molecule has 0 amide bonds. The average Bonchev–Trinajstić information content (AvgIpc) is 2.46. The van der Waals surface area contributed by atoms with E-state index in [0.717, 1.165) is 50.0 Å². The molecular weight excluding hydrogens is 280 g/mol. The molecule has 1 heterocycles. The van der Waals surface area contributed by atoms with Crippen LogP contribution in [0.15, 0.2) is 18.2 Å². The molecule has 3 rings (SSSR count). The summed E-state index contributed by atoms with van der Waals surface area (Å²) < 4.78 is 0. The highest BCUT2D eigenvalue weighted by Crippen LogP contribution is 2.41. The normalized spacial score (nSPS) is 29.0. The number of fused-ring (bicyclic) bond motifs is 1. The number of hydrogen-bond acceptors (Lipinski definition) is 3. The van der Waals surface area contributed by atoms with Crippen LogP contribution in [0.2, 0.25) is 0 Å². The van der Waals surface area contributed by atoms with Crippen molar-refractivity contribution in [2.45, 2.75) is 44.6 Å². The van der Waals surface area contributed by atoms with Gasteiger partial charge in [-0.15, -0.1) is 0 Å². The van der Waals surface area contributed by atoms with E-state index in [9.17, 15) is 5.11 Å². The van der Waals surface area contributed by atoms with Crippen LogP contribution in [0.1, 0.15) is 43.2 Å². The molecule has 2 atom stereocenters. The van der Waals surface area contributed by atoms with E-state index in [1.807, 2.05) is 12.1 Å². The highest BCUT2D eigenvalue weighted by molar-refractivity contribution is 7.80. The summed E-state index contributed by atoms with van der Waals surface area (Å²) in [5, 5.41) is 10.8. The second kappa shape index (κ2) is 5.58. The molecule has 0 spiro atoms. The van der Waals surface area contributed by atoms with Gasteiger partial charge in [0.05, 0.1) is 5.60 Å². The van der Waals surface area contributed by atoms with E-state index < -0.39 is 5.60 Å². The predicted octanol–water partition coefficient (Wildman–Crippen LogP) is 2.76. The Morgan fingerprint density at radius 2 is 2.19 bits per heavy atom. The second-order valence-electron chi connectivity index (χ2n) is 6.58. The van der Waals surface area contributed by atoms with Gasteiger partial charge < -0.3 is 15.7 Å². The van der Waals surface area contributed by atoms with Gasteiger partial charge in [-0.05, 0) is 37.8 Å². The lowest BCUT2D eigenvalue weighted by Gasteiger charge is -2.48. The van der Waals surface area contributed by atoms with Crippen molar-refractivity contribution in [1.29, 1.82) is 0 Å². The molecule has 0 bridgehead atoms. The van der Waals surface area contributed by atoms with Gasteiger partial charge in [-0.2, -0.15) is 0 Å². The maximum atomic E-state index is 10.8. The number of aliphatic hydroxyl groups is 1. The Kier molecular flexibility index (Phi) is 3.93. The highest BCUT2D eigenvalue weighted by Gasteiger charge is 2.43. The van der Waals surface area contributed by atoms with Crippen molar-refractivity contribution in [3.05, 3.63) is 29.3 Å². The van der Waals surface area contributed by atoms with Gasteiger partial charge in [-0.25, -0.2) is 0 Å². The Morgan fingerprint density at radius 3 is 2.95 bits per heavy atom. The van der Waals surface area contributed by atoms with Crippen LogP contribution < -0.4 is 10.6 Å². The lowest BCUT2D eigenvalue weighted by atomic mass is 9.71. The number of rotatable bonds is 2. The summed E-state index contributed by atoms with van der Waals surface area (Å²) in [6.07, 6.45) is 5.33. The molecule has 3 N–H and O–H groups in total. The third-order valence-electron chi connectivity index (χ3n) is 5.25. The highest BCUT2D eigenvalue weighted by atomic mass is 32.1. The van der Waals surface area contributed by atoms with Gasteiger partial charge in [0.1, 0.15) is 4.99 Å². The second-order valence-corrected chi connectivity index (χ2v) is 7.02. The first-order chi connectivity index (χ1) is 10.0. The maximum absolute atomic E-state index is 10.8. The van der Waals surface area contributed by atoms with Gasteiger partial charge in [0.25, 0.3) is 0 Å². The van der Waals surface area contributed by atoms with Crippen LogP contribution in [0.4, 0.5) is 5.69 Å². The van der Waals surface area contributed by atoms with E-state index in [1.165, 1.54) is 12.0 Å². The summed E-state index contributed by atoms with van der Waals surface area (Å²) in [6, 6.07) is 6.12. The van der Waals surface area contributed by atoms with Crippen LogP contribution in [0.3, 0.4) is 0 Å². The number of piperidine rings is 1. The fraction of sp³-hybridized carbons (Fsp3) is 0.588. The van der Waals surface area contributed by atoms with Crippen molar-refractivity contribution < 1.29 is 5.11 Å². The standard InChI is InChI=1S/C17H24N2OS/c1-12-5-4-7-14(16(18)21)15(12)19-10-9-17(20)8-3-2-6-13(17)11-19/h4-5,7,13,20H,2-3,6,8-11H2,1H3,(H2,18,21). The van der Waals surface area contributed by atoms with Gasteiger partial charge >= 0.3 is 0 Å². The lowest BCUT2D eigenvalue weighted by Crippen LogP contribution is -2.53. The first-order valence-electron chi connectivity index (χ1n) is 7.88. The number of aryl methyl sites for hydroxylation is 1. The lowest BCUT2D eigenvalue weighted by molar-refractivity contribution is -0.0612. The molecule has 2 unspecified atom stereocenters. The van der Waals surface area contributed by atoms with Crippen molar-refractivity contribution in [3.63, 3.8) is 0 Å². The fourth-order valence-corrected chi connectivity index (χ4v) is 4.22. The summed E-state index contributed by atoms with van der Waals surface area (Å²) in [6.45, 7) is 3.91. The Bertz CT molecular complexity index is 560. The van der Waals surface area contributed by atoms with Gasteiger partial charge in [0.2, 0.25) is 0 Å². The molecule has 1 saturated carbocycles. The Hall–Kier alpha value is -1.13. The van der Waals surface area contributed by atoms with Crippen LogP contribution in [-0.4, -0.2) is 28.8 Å². The topological polar surface area (TPSA) is 49.5 Å². The van der Waals surface area contributed by atoms with Crippen molar-refractivity contribution in [2.24, 2.45) is 11.7 Å². The zero-order valence-electron chi connectivity index (χ0n) is 12.6. The zero-order valence-corrected chi connectivity index (χ0v) is 13.5. The molecule has 2 aliphatic rings. The summed E-state index contributed by atoms with van der Waals surface area (Å²) in [7, 11) is 0. The summed E-state index contributed by atoms with van der Waals surface area (Å²) >= 11 is 5.22. The van der Waals surface area contributed by atoms with Crippen LogP contribution in [0, 0.1) is 12.8 Å². The smallest absolute Gasteiger partial charge is 0.106 e. The number of hydrogen-bond donors (Lipinski definition) is 2. The van der Waals surface area contributed by atoms with Crippen LogP contribution in [0.5, 0.6) is 0 Å². The van der Waals surface area contributed by atoms with E-state index >= 15 is 0 Å². The summed E-state index contributed by atoms with van der Waals surface area (Å²) in [5.41, 5.74) is 8.80. The van der Waals surface area contributed by atoms with Crippen molar-refractivity contribution in [2.75, 3.05) is 18.0 Å². The van der Waals surface area contributed by atoms with Crippen molar-refractivity contribution in [3.8, 4) is 0 Å². The van der Waals surface area contributed by atoms with E-state index in [0.29, 0.717) is 10.9 Å². The van der Waals surface area contributed by atoms with E-state index in [-0.39, 0.29) is 0 Å². The number of nitrogens with zero attached hydrogens (tertiary/aromatic N) is 1. The average molecular weight is 304 g/mol. The predicted molar refractivity (Wildman–Crippen MR) is 90.8 cm³/mol. The number of benzene rings is 1. The molecule has 4 heteroatoms. The van der Waals surface area contributed by atoms with Crippen molar-refractivity contribution in [1.82, 2.24) is 0 Å². The number of thiocarbonyl (C=S) groups is 1. The quantitative estimate of drug-likeness (QED) is 0.825. The van der Waals surface area contributed by atoms with Gasteiger partial charge in [-0.1, -0.05) is 37.2 Å². The molecule has 114 valence electrons. The Balaban J connectivity index is 1.91. The maximum Gasteiger partial charge on any atom is 0.106 e. The first kappa shape index (κ1) is 14.8. The van der Waals surface area contributed by atoms with E-state index in [1.54, 1.807) is 0 Å². The molecular formula is C17H24N2OS. The molecule has 1 aliphatic heterocycles.